The van der Waals surface area contributed by atoms with Crippen LogP contribution in [0.4, 0.5) is 10.1 Å². The molecule has 1 fully saturated rings. The number of imidazole rings is 1. The van der Waals surface area contributed by atoms with Crippen LogP contribution in [-0.2, 0) is 6.54 Å². The van der Waals surface area contributed by atoms with Crippen LogP contribution in [0.1, 0.15) is 54.3 Å². The second-order valence-corrected chi connectivity index (χ2v) is 9.56. The number of carbonyl (C=O) groups excluding carboxylic acids is 1. The van der Waals surface area contributed by atoms with Crippen LogP contribution in [0.15, 0.2) is 71.4 Å². The van der Waals surface area contributed by atoms with E-state index < -0.39 is 0 Å². The predicted octanol–water partition coefficient (Wildman–Crippen LogP) is 6.45. The molecule has 0 unspecified atom stereocenters. The topological polar surface area (TPSA) is 63.3 Å². The fourth-order valence-corrected chi connectivity index (χ4v) is 4.83. The lowest BCUT2D eigenvalue weighted by molar-refractivity contribution is 0.0924. The molecule has 6 nitrogen and oxygen atoms in total. The molecular formula is C29H31FN4O2. The SMILES string of the molecule is CN(C)c1ccc(CNC(=O)c2ccc(-c3c(-c4ccc(F)cc4)ncn3C3CCCCC3)o2)cc1. The quantitative estimate of drug-likeness (QED) is 0.326. The van der Waals surface area contributed by atoms with Gasteiger partial charge in [0, 0.05) is 37.9 Å². The van der Waals surface area contributed by atoms with Gasteiger partial charge in [0.05, 0.1) is 12.0 Å². The van der Waals surface area contributed by atoms with Gasteiger partial charge in [-0.05, 0) is 66.9 Å². The lowest BCUT2D eigenvalue weighted by atomic mass is 9.95. The second kappa shape index (κ2) is 10.4. The molecule has 0 spiro atoms. The van der Waals surface area contributed by atoms with Crippen molar-refractivity contribution in [1.82, 2.24) is 14.9 Å². The van der Waals surface area contributed by atoms with Gasteiger partial charge in [0.1, 0.15) is 11.5 Å². The van der Waals surface area contributed by atoms with E-state index in [1.54, 1.807) is 18.2 Å². The van der Waals surface area contributed by atoms with Crippen LogP contribution >= 0.6 is 0 Å². The maximum Gasteiger partial charge on any atom is 0.287 e. The maximum absolute atomic E-state index is 13.6. The van der Waals surface area contributed by atoms with E-state index in [1.807, 2.05) is 55.7 Å². The molecule has 1 aliphatic carbocycles. The Morgan fingerprint density at radius 3 is 2.44 bits per heavy atom. The fraction of sp³-hybridized carbons (Fsp3) is 0.310. The highest BCUT2D eigenvalue weighted by atomic mass is 19.1. The molecule has 2 aromatic carbocycles. The summed E-state index contributed by atoms with van der Waals surface area (Å²) >= 11 is 0. The van der Waals surface area contributed by atoms with Crippen molar-refractivity contribution in [2.45, 2.75) is 44.7 Å². The maximum atomic E-state index is 13.6. The summed E-state index contributed by atoms with van der Waals surface area (Å²) in [6.45, 7) is 0.406. The third-order valence-electron chi connectivity index (χ3n) is 6.85. The summed E-state index contributed by atoms with van der Waals surface area (Å²) < 4.78 is 21.8. The van der Waals surface area contributed by atoms with Crippen molar-refractivity contribution in [3.63, 3.8) is 0 Å². The Morgan fingerprint density at radius 2 is 1.75 bits per heavy atom. The molecule has 2 heterocycles. The first kappa shape index (κ1) is 23.9. The zero-order chi connectivity index (χ0) is 25.1. The van der Waals surface area contributed by atoms with Crippen molar-refractivity contribution < 1.29 is 13.6 Å². The molecular weight excluding hydrogens is 455 g/mol. The molecule has 5 rings (SSSR count). The molecule has 2 aromatic heterocycles. The zero-order valence-electron chi connectivity index (χ0n) is 20.7. The number of nitrogens with zero attached hydrogens (tertiary/aromatic N) is 3. The number of nitrogens with one attached hydrogen (secondary N) is 1. The lowest BCUT2D eigenvalue weighted by Crippen LogP contribution is -2.22. The highest BCUT2D eigenvalue weighted by Gasteiger charge is 2.25. The Kier molecular flexibility index (Phi) is 6.89. The van der Waals surface area contributed by atoms with Crippen molar-refractivity contribution in [1.29, 1.82) is 0 Å². The molecule has 0 radical (unpaired) electrons. The predicted molar refractivity (Wildman–Crippen MR) is 139 cm³/mol. The first-order valence-electron chi connectivity index (χ1n) is 12.5. The Hall–Kier alpha value is -3.87. The van der Waals surface area contributed by atoms with Crippen LogP contribution in [0.2, 0.25) is 0 Å². The third kappa shape index (κ3) is 5.05. The van der Waals surface area contributed by atoms with Gasteiger partial charge in [-0.2, -0.15) is 0 Å². The van der Waals surface area contributed by atoms with Gasteiger partial charge in [0.15, 0.2) is 11.5 Å². The largest absolute Gasteiger partial charge is 0.449 e. The van der Waals surface area contributed by atoms with Gasteiger partial charge >= 0.3 is 0 Å². The number of halogens is 1. The number of furan rings is 1. The zero-order valence-corrected chi connectivity index (χ0v) is 20.7. The van der Waals surface area contributed by atoms with Crippen molar-refractivity contribution in [2.24, 2.45) is 0 Å². The van der Waals surface area contributed by atoms with E-state index in [0.29, 0.717) is 18.3 Å². The molecule has 1 amide bonds. The van der Waals surface area contributed by atoms with Crippen LogP contribution in [-0.4, -0.2) is 29.6 Å². The highest BCUT2D eigenvalue weighted by Crippen LogP contribution is 2.38. The summed E-state index contributed by atoms with van der Waals surface area (Å²) in [6, 6.07) is 18.2. The molecule has 4 aromatic rings. The van der Waals surface area contributed by atoms with E-state index in [2.05, 4.69) is 9.88 Å². The molecule has 7 heteroatoms. The minimum absolute atomic E-state index is 0.247. The number of anilines is 1. The number of benzene rings is 2. The molecule has 0 atom stereocenters. The third-order valence-corrected chi connectivity index (χ3v) is 6.85. The lowest BCUT2D eigenvalue weighted by Gasteiger charge is -2.24. The van der Waals surface area contributed by atoms with Gasteiger partial charge in [-0.3, -0.25) is 4.79 Å². The molecule has 1 saturated carbocycles. The van der Waals surface area contributed by atoms with Gasteiger partial charge < -0.3 is 19.2 Å². The number of carbonyl (C=O) groups is 1. The first-order chi connectivity index (χ1) is 17.5. The van der Waals surface area contributed by atoms with Crippen LogP contribution < -0.4 is 10.2 Å². The summed E-state index contributed by atoms with van der Waals surface area (Å²) in [5.41, 5.74) is 4.47. The van der Waals surface area contributed by atoms with Gasteiger partial charge in [0.2, 0.25) is 0 Å². The molecule has 186 valence electrons. The fourth-order valence-electron chi connectivity index (χ4n) is 4.83. The molecule has 0 bridgehead atoms. The minimum Gasteiger partial charge on any atom is -0.449 e. The van der Waals surface area contributed by atoms with Crippen molar-refractivity contribution in [3.05, 3.63) is 84.1 Å². The summed E-state index contributed by atoms with van der Waals surface area (Å²) in [4.78, 5) is 19.6. The standard InChI is InChI=1S/C29H31FN4O2/c1-33(2)23-14-8-20(9-15-23)18-31-29(35)26-17-16-25(36-26)28-27(21-10-12-22(30)13-11-21)32-19-34(28)24-6-4-3-5-7-24/h8-17,19,24H,3-7,18H2,1-2H3,(H,31,35). The van der Waals surface area contributed by atoms with E-state index in [9.17, 15) is 9.18 Å². The smallest absolute Gasteiger partial charge is 0.287 e. The number of hydrogen-bond donors (Lipinski definition) is 1. The normalized spacial score (nSPS) is 14.1. The van der Waals surface area contributed by atoms with Crippen LogP contribution in [0.3, 0.4) is 0 Å². The molecule has 36 heavy (non-hydrogen) atoms. The monoisotopic (exact) mass is 486 g/mol. The van der Waals surface area contributed by atoms with Gasteiger partial charge in [-0.25, -0.2) is 9.37 Å². The molecule has 0 aliphatic heterocycles. The highest BCUT2D eigenvalue weighted by molar-refractivity contribution is 5.92. The van der Waals surface area contributed by atoms with E-state index in [-0.39, 0.29) is 17.5 Å². The van der Waals surface area contributed by atoms with Crippen molar-refractivity contribution in [2.75, 3.05) is 19.0 Å². The van der Waals surface area contributed by atoms with Gasteiger partial charge in [-0.15, -0.1) is 0 Å². The summed E-state index contributed by atoms with van der Waals surface area (Å²) in [5.74, 6) is 0.263. The van der Waals surface area contributed by atoms with E-state index in [4.69, 9.17) is 9.40 Å². The average Bonchev–Trinajstić information content (AvgIpc) is 3.56. The van der Waals surface area contributed by atoms with E-state index in [1.165, 1.54) is 31.4 Å². The number of aromatic nitrogens is 2. The Labute approximate surface area is 210 Å². The Morgan fingerprint density at radius 1 is 1.03 bits per heavy atom. The van der Waals surface area contributed by atoms with Gasteiger partial charge in [0.25, 0.3) is 5.91 Å². The first-order valence-corrected chi connectivity index (χ1v) is 12.5. The number of hydrogen-bond acceptors (Lipinski definition) is 4. The van der Waals surface area contributed by atoms with E-state index >= 15 is 0 Å². The molecule has 1 N–H and O–H groups in total. The molecule has 1 aliphatic rings. The van der Waals surface area contributed by atoms with Crippen LogP contribution in [0.25, 0.3) is 22.7 Å². The van der Waals surface area contributed by atoms with Crippen LogP contribution in [0.5, 0.6) is 0 Å². The summed E-state index contributed by atoms with van der Waals surface area (Å²) in [6.07, 6.45) is 7.60. The summed E-state index contributed by atoms with van der Waals surface area (Å²) in [5, 5.41) is 2.94. The number of amides is 1. The average molecular weight is 487 g/mol. The van der Waals surface area contributed by atoms with Gasteiger partial charge in [-0.1, -0.05) is 31.4 Å². The van der Waals surface area contributed by atoms with Crippen LogP contribution in [0, 0.1) is 5.82 Å². The Bertz CT molecular complexity index is 1320. The van der Waals surface area contributed by atoms with E-state index in [0.717, 1.165) is 41.0 Å². The molecule has 0 saturated heterocycles. The van der Waals surface area contributed by atoms with Crippen molar-refractivity contribution >= 4 is 11.6 Å². The van der Waals surface area contributed by atoms with Crippen molar-refractivity contribution in [3.8, 4) is 22.7 Å². The second-order valence-electron chi connectivity index (χ2n) is 9.56. The minimum atomic E-state index is -0.291. The Balaban J connectivity index is 1.39. The summed E-state index contributed by atoms with van der Waals surface area (Å²) in [7, 11) is 3.99. The number of rotatable bonds is 7.